The molecule has 3 heteroatoms. The summed E-state index contributed by atoms with van der Waals surface area (Å²) in [5, 5.41) is 0.859. The lowest BCUT2D eigenvalue weighted by Gasteiger charge is -2.29. The van der Waals surface area contributed by atoms with Crippen LogP contribution in [0.15, 0.2) is 18.2 Å². The molecule has 1 aliphatic rings. The topological polar surface area (TPSA) is 26.0 Å². The highest BCUT2D eigenvalue weighted by atomic mass is 35.5. The average molecular weight is 242 g/mol. The number of benzene rings is 1. The molecule has 1 heterocycles. The molecule has 2 rings (SSSR count). The van der Waals surface area contributed by atoms with Crippen molar-refractivity contribution in [1.82, 2.24) is 0 Å². The summed E-state index contributed by atoms with van der Waals surface area (Å²) in [7, 11) is 0. The van der Waals surface area contributed by atoms with E-state index in [0.29, 0.717) is 0 Å². The van der Waals surface area contributed by atoms with Gasteiger partial charge in [-0.25, -0.2) is 0 Å². The van der Waals surface area contributed by atoms with E-state index >= 15 is 0 Å². The van der Waals surface area contributed by atoms with E-state index < -0.39 is 0 Å². The molecule has 0 amide bonds. The summed E-state index contributed by atoms with van der Waals surface area (Å²) < 4.78 is 0. The first-order valence-electron chi connectivity index (χ1n) is 5.23. The first kappa shape index (κ1) is 11.3. The molecule has 0 radical (unpaired) electrons. The molecule has 1 nitrogen and oxygen atoms in total. The molecule has 0 spiro atoms. The van der Waals surface area contributed by atoms with Crippen molar-refractivity contribution in [2.24, 2.45) is 5.73 Å². The van der Waals surface area contributed by atoms with E-state index in [0.717, 1.165) is 17.3 Å². The lowest BCUT2D eigenvalue weighted by atomic mass is 9.78. The number of rotatable bonds is 2. The summed E-state index contributed by atoms with van der Waals surface area (Å²) in [4.78, 5) is 0. The van der Waals surface area contributed by atoms with Crippen molar-refractivity contribution >= 4 is 23.4 Å². The number of hydrogen-bond acceptors (Lipinski definition) is 2. The zero-order valence-corrected chi connectivity index (χ0v) is 10.5. The second-order valence-electron chi connectivity index (χ2n) is 4.20. The number of thioether (sulfide) groups is 1. The van der Waals surface area contributed by atoms with Gasteiger partial charge in [0, 0.05) is 22.7 Å². The molecule has 1 aromatic rings. The maximum Gasteiger partial charge on any atom is 0.0438 e. The van der Waals surface area contributed by atoms with E-state index in [9.17, 15) is 0 Å². The molecular formula is C12H16ClNS. The molecule has 0 aromatic heterocycles. The number of nitrogens with two attached hydrogens (primary N) is 1. The van der Waals surface area contributed by atoms with E-state index in [-0.39, 0.29) is 5.41 Å². The van der Waals surface area contributed by atoms with Gasteiger partial charge in [-0.1, -0.05) is 23.7 Å². The zero-order chi connectivity index (χ0) is 10.9. The first-order chi connectivity index (χ1) is 7.19. The Morgan fingerprint density at radius 3 is 2.93 bits per heavy atom. The molecule has 1 unspecified atom stereocenters. The van der Waals surface area contributed by atoms with Gasteiger partial charge in [0.15, 0.2) is 0 Å². The van der Waals surface area contributed by atoms with Crippen molar-refractivity contribution in [3.8, 4) is 0 Å². The van der Waals surface area contributed by atoms with E-state index in [4.69, 9.17) is 17.3 Å². The highest BCUT2D eigenvalue weighted by Crippen LogP contribution is 2.40. The van der Waals surface area contributed by atoms with Gasteiger partial charge in [-0.15, -0.1) is 0 Å². The number of hydrogen-bond donors (Lipinski definition) is 1. The van der Waals surface area contributed by atoms with Gasteiger partial charge in [-0.2, -0.15) is 11.8 Å². The lowest BCUT2D eigenvalue weighted by Crippen LogP contribution is -2.35. The Kier molecular flexibility index (Phi) is 3.29. The summed E-state index contributed by atoms with van der Waals surface area (Å²) in [5.41, 5.74) is 8.68. The normalized spacial score (nSPS) is 25.8. The summed E-state index contributed by atoms with van der Waals surface area (Å²) in [5.74, 6) is 2.34. The molecule has 0 bridgehead atoms. The molecule has 1 aliphatic heterocycles. The van der Waals surface area contributed by atoms with Crippen LogP contribution >= 0.6 is 23.4 Å². The Labute approximate surface area is 100 Å². The zero-order valence-electron chi connectivity index (χ0n) is 8.92. The average Bonchev–Trinajstić information content (AvgIpc) is 2.72. The van der Waals surface area contributed by atoms with Crippen LogP contribution in [0.3, 0.4) is 0 Å². The Hall–Kier alpha value is -0.180. The molecule has 15 heavy (non-hydrogen) atoms. The van der Waals surface area contributed by atoms with Crippen LogP contribution in [0.2, 0.25) is 5.02 Å². The fraction of sp³-hybridized carbons (Fsp3) is 0.500. The highest BCUT2D eigenvalue weighted by molar-refractivity contribution is 7.99. The molecule has 82 valence electrons. The van der Waals surface area contributed by atoms with E-state index in [2.05, 4.69) is 13.0 Å². The molecule has 0 aliphatic carbocycles. The Morgan fingerprint density at radius 1 is 1.53 bits per heavy atom. The van der Waals surface area contributed by atoms with Crippen molar-refractivity contribution < 1.29 is 0 Å². The van der Waals surface area contributed by atoms with Crippen LogP contribution in [0.1, 0.15) is 17.5 Å². The molecule has 1 fully saturated rings. The van der Waals surface area contributed by atoms with Crippen molar-refractivity contribution in [2.45, 2.75) is 18.8 Å². The van der Waals surface area contributed by atoms with Gasteiger partial charge in [-0.3, -0.25) is 0 Å². The molecular weight excluding hydrogens is 226 g/mol. The third kappa shape index (κ3) is 1.91. The van der Waals surface area contributed by atoms with Gasteiger partial charge in [0.05, 0.1) is 0 Å². The third-order valence-electron chi connectivity index (χ3n) is 3.33. The van der Waals surface area contributed by atoms with Crippen LogP contribution in [0, 0.1) is 6.92 Å². The lowest BCUT2D eigenvalue weighted by molar-refractivity contribution is 0.495. The standard InChI is InChI=1S/C12H16ClNS/c1-9-10(3-2-4-11(9)13)12(7-14)5-6-15-8-12/h2-4H,5-8,14H2,1H3. The molecule has 1 atom stereocenters. The molecule has 0 saturated carbocycles. The molecule has 1 aromatic carbocycles. The SMILES string of the molecule is Cc1c(Cl)cccc1C1(CN)CCSC1. The summed E-state index contributed by atoms with van der Waals surface area (Å²) in [6, 6.07) is 6.16. The Bertz CT molecular complexity index is 359. The second kappa shape index (κ2) is 4.36. The summed E-state index contributed by atoms with van der Waals surface area (Å²) >= 11 is 8.16. The minimum atomic E-state index is 0.166. The Morgan fingerprint density at radius 2 is 2.33 bits per heavy atom. The second-order valence-corrected chi connectivity index (χ2v) is 5.71. The van der Waals surface area contributed by atoms with Crippen LogP contribution in [-0.4, -0.2) is 18.1 Å². The minimum Gasteiger partial charge on any atom is -0.330 e. The molecule has 1 saturated heterocycles. The first-order valence-corrected chi connectivity index (χ1v) is 6.76. The smallest absolute Gasteiger partial charge is 0.0438 e. The van der Waals surface area contributed by atoms with E-state index in [1.165, 1.54) is 23.3 Å². The predicted octanol–water partition coefficient (Wildman–Crippen LogP) is 2.98. The quantitative estimate of drug-likeness (QED) is 0.862. The highest BCUT2D eigenvalue weighted by Gasteiger charge is 2.36. The summed E-state index contributed by atoms with van der Waals surface area (Å²) in [6.07, 6.45) is 1.18. The van der Waals surface area contributed by atoms with Crippen molar-refractivity contribution in [3.63, 3.8) is 0 Å². The third-order valence-corrected chi connectivity index (χ3v) is 4.99. The van der Waals surface area contributed by atoms with Crippen LogP contribution in [0.25, 0.3) is 0 Å². The number of halogens is 1. The van der Waals surface area contributed by atoms with E-state index in [1.807, 2.05) is 23.9 Å². The largest absolute Gasteiger partial charge is 0.330 e. The minimum absolute atomic E-state index is 0.166. The van der Waals surface area contributed by atoms with Gasteiger partial charge in [0.25, 0.3) is 0 Å². The fourth-order valence-electron chi connectivity index (χ4n) is 2.27. The van der Waals surface area contributed by atoms with Crippen molar-refractivity contribution in [2.75, 3.05) is 18.1 Å². The fourth-order valence-corrected chi connectivity index (χ4v) is 3.93. The van der Waals surface area contributed by atoms with Crippen molar-refractivity contribution in [3.05, 3.63) is 34.3 Å². The van der Waals surface area contributed by atoms with Gasteiger partial charge >= 0.3 is 0 Å². The van der Waals surface area contributed by atoms with Gasteiger partial charge in [0.2, 0.25) is 0 Å². The predicted molar refractivity (Wildman–Crippen MR) is 68.9 cm³/mol. The van der Waals surface area contributed by atoms with Crippen LogP contribution in [-0.2, 0) is 5.41 Å². The van der Waals surface area contributed by atoms with Gasteiger partial charge < -0.3 is 5.73 Å². The van der Waals surface area contributed by atoms with E-state index in [1.54, 1.807) is 0 Å². The maximum absolute atomic E-state index is 6.16. The maximum atomic E-state index is 6.16. The summed E-state index contributed by atoms with van der Waals surface area (Å²) in [6.45, 7) is 2.82. The van der Waals surface area contributed by atoms with Crippen molar-refractivity contribution in [1.29, 1.82) is 0 Å². The van der Waals surface area contributed by atoms with Gasteiger partial charge in [0.1, 0.15) is 0 Å². The van der Waals surface area contributed by atoms with Gasteiger partial charge in [-0.05, 0) is 36.3 Å². The molecule has 2 N–H and O–H groups in total. The Balaban J connectivity index is 2.47. The van der Waals surface area contributed by atoms with Crippen LogP contribution in [0.5, 0.6) is 0 Å². The van der Waals surface area contributed by atoms with Crippen LogP contribution < -0.4 is 5.73 Å². The monoisotopic (exact) mass is 241 g/mol. The van der Waals surface area contributed by atoms with Crippen LogP contribution in [0.4, 0.5) is 0 Å².